The van der Waals surface area contributed by atoms with Crippen LogP contribution in [0.15, 0.2) is 18.5 Å². The summed E-state index contributed by atoms with van der Waals surface area (Å²) in [6.07, 6.45) is 7.33. The highest BCUT2D eigenvalue weighted by atomic mass is 16.5. The molecule has 0 unspecified atom stereocenters. The van der Waals surface area contributed by atoms with Crippen LogP contribution in [0.5, 0.6) is 5.75 Å². The van der Waals surface area contributed by atoms with Gasteiger partial charge in [0.05, 0.1) is 7.11 Å². The lowest BCUT2D eigenvalue weighted by Crippen LogP contribution is -2.28. The summed E-state index contributed by atoms with van der Waals surface area (Å²) in [5, 5.41) is 3.38. The molecule has 0 aliphatic carbocycles. The van der Waals surface area contributed by atoms with E-state index in [0.717, 1.165) is 31.2 Å². The molecule has 1 fully saturated rings. The standard InChI is InChI=1S/C12H18N2O/c1-15-12-4-7-14-9-11(12)8-10-2-5-13-6-3-10/h4,7,9-10,13H,2-3,5-6,8H2,1H3. The summed E-state index contributed by atoms with van der Waals surface area (Å²) in [6.45, 7) is 2.29. The van der Waals surface area contributed by atoms with Crippen LogP contribution in [0.1, 0.15) is 18.4 Å². The molecule has 0 radical (unpaired) electrons. The van der Waals surface area contributed by atoms with Crippen LogP contribution in [0.4, 0.5) is 0 Å². The molecule has 2 rings (SSSR count). The molecule has 1 saturated heterocycles. The topological polar surface area (TPSA) is 34.1 Å². The van der Waals surface area contributed by atoms with Crippen molar-refractivity contribution in [3.05, 3.63) is 24.0 Å². The highest BCUT2D eigenvalue weighted by molar-refractivity contribution is 5.30. The molecule has 0 aromatic carbocycles. The summed E-state index contributed by atoms with van der Waals surface area (Å²) in [5.74, 6) is 1.76. The molecule has 0 bridgehead atoms. The largest absolute Gasteiger partial charge is 0.496 e. The Morgan fingerprint density at radius 2 is 2.27 bits per heavy atom. The Kier molecular flexibility index (Phi) is 3.56. The van der Waals surface area contributed by atoms with E-state index in [0.29, 0.717) is 0 Å². The van der Waals surface area contributed by atoms with Gasteiger partial charge in [-0.05, 0) is 44.3 Å². The zero-order chi connectivity index (χ0) is 10.5. The highest BCUT2D eigenvalue weighted by Gasteiger charge is 2.15. The molecule has 2 heterocycles. The number of hydrogen-bond acceptors (Lipinski definition) is 3. The maximum absolute atomic E-state index is 5.33. The van der Waals surface area contributed by atoms with Gasteiger partial charge in [-0.1, -0.05) is 0 Å². The van der Waals surface area contributed by atoms with Crippen molar-refractivity contribution in [3.63, 3.8) is 0 Å². The highest BCUT2D eigenvalue weighted by Crippen LogP contribution is 2.23. The number of piperidine rings is 1. The first-order valence-corrected chi connectivity index (χ1v) is 5.57. The van der Waals surface area contributed by atoms with Crippen LogP contribution in [0.25, 0.3) is 0 Å². The fourth-order valence-corrected chi connectivity index (χ4v) is 2.16. The molecule has 1 N–H and O–H groups in total. The average Bonchev–Trinajstić information content (AvgIpc) is 2.31. The third kappa shape index (κ3) is 2.69. The molecule has 1 aromatic heterocycles. The van der Waals surface area contributed by atoms with Crippen LogP contribution >= 0.6 is 0 Å². The maximum atomic E-state index is 5.33. The molecule has 0 spiro atoms. The average molecular weight is 206 g/mol. The molecule has 3 heteroatoms. The van der Waals surface area contributed by atoms with Gasteiger partial charge in [0.1, 0.15) is 5.75 Å². The van der Waals surface area contributed by atoms with Gasteiger partial charge in [0.2, 0.25) is 0 Å². The van der Waals surface area contributed by atoms with Crippen molar-refractivity contribution in [1.29, 1.82) is 0 Å². The molecule has 82 valence electrons. The second-order valence-corrected chi connectivity index (χ2v) is 4.09. The number of aromatic nitrogens is 1. The normalized spacial score (nSPS) is 17.7. The van der Waals surface area contributed by atoms with Crippen molar-refractivity contribution >= 4 is 0 Å². The lowest BCUT2D eigenvalue weighted by Gasteiger charge is -2.23. The Morgan fingerprint density at radius 3 is 3.00 bits per heavy atom. The molecule has 0 saturated carbocycles. The molecule has 1 aromatic rings. The van der Waals surface area contributed by atoms with Crippen molar-refractivity contribution in [1.82, 2.24) is 10.3 Å². The fourth-order valence-electron chi connectivity index (χ4n) is 2.16. The van der Waals surface area contributed by atoms with Crippen molar-refractivity contribution in [2.45, 2.75) is 19.3 Å². The molecular weight excluding hydrogens is 188 g/mol. The Hall–Kier alpha value is -1.09. The summed E-state index contributed by atoms with van der Waals surface area (Å²) in [6, 6.07) is 1.94. The van der Waals surface area contributed by atoms with E-state index >= 15 is 0 Å². The molecule has 3 nitrogen and oxygen atoms in total. The molecular formula is C12H18N2O. The minimum absolute atomic E-state index is 0.782. The quantitative estimate of drug-likeness (QED) is 0.816. The molecule has 1 aliphatic heterocycles. The number of rotatable bonds is 3. The first-order valence-electron chi connectivity index (χ1n) is 5.57. The van der Waals surface area contributed by atoms with Crippen LogP contribution in [0.3, 0.4) is 0 Å². The lowest BCUT2D eigenvalue weighted by atomic mass is 9.91. The number of hydrogen-bond donors (Lipinski definition) is 1. The Morgan fingerprint density at radius 1 is 1.47 bits per heavy atom. The monoisotopic (exact) mass is 206 g/mol. The van der Waals surface area contributed by atoms with E-state index in [2.05, 4.69) is 10.3 Å². The number of nitrogens with zero attached hydrogens (tertiary/aromatic N) is 1. The predicted octanol–water partition coefficient (Wildman–Crippen LogP) is 1.63. The van der Waals surface area contributed by atoms with Crippen molar-refractivity contribution in [2.75, 3.05) is 20.2 Å². The van der Waals surface area contributed by atoms with E-state index in [9.17, 15) is 0 Å². The number of pyridine rings is 1. The van der Waals surface area contributed by atoms with E-state index in [-0.39, 0.29) is 0 Å². The van der Waals surface area contributed by atoms with E-state index in [4.69, 9.17) is 4.74 Å². The van der Waals surface area contributed by atoms with E-state index in [1.807, 2.05) is 12.3 Å². The third-order valence-corrected chi connectivity index (χ3v) is 3.05. The lowest BCUT2D eigenvalue weighted by molar-refractivity contribution is 0.360. The summed E-state index contributed by atoms with van der Waals surface area (Å²) in [4.78, 5) is 4.16. The molecule has 0 atom stereocenters. The first kappa shape index (κ1) is 10.4. The molecule has 15 heavy (non-hydrogen) atoms. The van der Waals surface area contributed by atoms with Gasteiger partial charge < -0.3 is 10.1 Å². The minimum Gasteiger partial charge on any atom is -0.496 e. The van der Waals surface area contributed by atoms with E-state index < -0.39 is 0 Å². The van der Waals surface area contributed by atoms with Crippen LogP contribution in [0, 0.1) is 5.92 Å². The summed E-state index contributed by atoms with van der Waals surface area (Å²) in [5.41, 5.74) is 1.24. The van der Waals surface area contributed by atoms with Gasteiger partial charge in [-0.15, -0.1) is 0 Å². The molecule has 0 amide bonds. The smallest absolute Gasteiger partial charge is 0.125 e. The van der Waals surface area contributed by atoms with Crippen LogP contribution in [0.2, 0.25) is 0 Å². The van der Waals surface area contributed by atoms with Gasteiger partial charge in [0, 0.05) is 18.0 Å². The van der Waals surface area contributed by atoms with Crippen LogP contribution < -0.4 is 10.1 Å². The van der Waals surface area contributed by atoms with Gasteiger partial charge in [0.25, 0.3) is 0 Å². The van der Waals surface area contributed by atoms with Gasteiger partial charge in [-0.25, -0.2) is 0 Å². The molecule has 1 aliphatic rings. The van der Waals surface area contributed by atoms with Crippen molar-refractivity contribution in [2.24, 2.45) is 5.92 Å². The second-order valence-electron chi connectivity index (χ2n) is 4.09. The minimum atomic E-state index is 0.782. The van der Waals surface area contributed by atoms with Crippen molar-refractivity contribution < 1.29 is 4.74 Å². The first-order chi connectivity index (χ1) is 7.40. The Bertz CT molecular complexity index is 308. The Labute approximate surface area is 90.9 Å². The zero-order valence-electron chi connectivity index (χ0n) is 9.20. The Balaban J connectivity index is 2.02. The fraction of sp³-hybridized carbons (Fsp3) is 0.583. The second kappa shape index (κ2) is 5.12. The number of ether oxygens (including phenoxy) is 1. The predicted molar refractivity (Wildman–Crippen MR) is 60.1 cm³/mol. The van der Waals surface area contributed by atoms with Gasteiger partial charge in [0.15, 0.2) is 0 Å². The summed E-state index contributed by atoms with van der Waals surface area (Å²) in [7, 11) is 1.72. The van der Waals surface area contributed by atoms with Gasteiger partial charge in [-0.2, -0.15) is 0 Å². The maximum Gasteiger partial charge on any atom is 0.125 e. The van der Waals surface area contributed by atoms with E-state index in [1.165, 1.54) is 18.4 Å². The third-order valence-electron chi connectivity index (χ3n) is 3.05. The summed E-state index contributed by atoms with van der Waals surface area (Å²) < 4.78 is 5.33. The zero-order valence-corrected chi connectivity index (χ0v) is 9.20. The van der Waals surface area contributed by atoms with E-state index in [1.54, 1.807) is 13.3 Å². The number of nitrogens with one attached hydrogen (secondary N) is 1. The van der Waals surface area contributed by atoms with Crippen molar-refractivity contribution in [3.8, 4) is 5.75 Å². The van der Waals surface area contributed by atoms with Gasteiger partial charge >= 0.3 is 0 Å². The number of methoxy groups -OCH3 is 1. The van der Waals surface area contributed by atoms with Gasteiger partial charge in [-0.3, -0.25) is 4.98 Å². The van der Waals surface area contributed by atoms with Crippen LogP contribution in [-0.2, 0) is 6.42 Å². The van der Waals surface area contributed by atoms with Crippen LogP contribution in [-0.4, -0.2) is 25.2 Å². The summed E-state index contributed by atoms with van der Waals surface area (Å²) >= 11 is 0. The SMILES string of the molecule is COc1ccncc1CC1CCNCC1.